The van der Waals surface area contributed by atoms with Gasteiger partial charge in [0, 0.05) is 20.5 Å². The first-order chi connectivity index (χ1) is 10.3. The number of nitrogens with zero attached hydrogens (tertiary/aromatic N) is 4. The number of aliphatic imine (C=N–C) groups is 1. The first-order valence-electron chi connectivity index (χ1n) is 6.92. The smallest absolute Gasteiger partial charge is 0.154 e. The van der Waals surface area contributed by atoms with E-state index < -0.39 is 0 Å². The lowest BCUT2D eigenvalue weighted by Gasteiger charge is -2.05. The highest BCUT2D eigenvalue weighted by molar-refractivity contribution is 6.10. The lowest BCUT2D eigenvalue weighted by molar-refractivity contribution is 0.946. The van der Waals surface area contributed by atoms with Gasteiger partial charge in [0.2, 0.25) is 0 Å². The Bertz CT molecular complexity index is 861. The maximum atomic E-state index is 4.82. The maximum Gasteiger partial charge on any atom is 0.154 e. The molecule has 3 heterocycles. The normalized spacial score (nSPS) is 13.3. The number of aryl methyl sites for hydroxylation is 1. The molecule has 104 valence electrons. The average Bonchev–Trinajstić information content (AvgIpc) is 3.11. The Labute approximate surface area is 122 Å². The number of pyridine rings is 1. The Kier molecular flexibility index (Phi) is 2.54. The summed E-state index contributed by atoms with van der Waals surface area (Å²) in [6.45, 7) is 0. The van der Waals surface area contributed by atoms with Crippen LogP contribution in [0.2, 0.25) is 0 Å². The predicted octanol–water partition coefficient (Wildman–Crippen LogP) is 2.69. The van der Waals surface area contributed by atoms with Crippen molar-refractivity contribution in [3.05, 3.63) is 47.9 Å². The number of rotatable bonds is 2. The van der Waals surface area contributed by atoms with Crippen LogP contribution in [0.25, 0.3) is 11.0 Å². The van der Waals surface area contributed by atoms with Gasteiger partial charge in [0.05, 0.1) is 23.2 Å². The van der Waals surface area contributed by atoms with Crippen molar-refractivity contribution in [2.24, 2.45) is 12.0 Å². The van der Waals surface area contributed by atoms with Crippen molar-refractivity contribution in [1.82, 2.24) is 14.5 Å². The van der Waals surface area contributed by atoms with Gasteiger partial charge in [-0.3, -0.25) is 0 Å². The Balaban J connectivity index is 1.94. The Morgan fingerprint density at radius 2 is 2.00 bits per heavy atom. The molecule has 0 saturated carbocycles. The van der Waals surface area contributed by atoms with Gasteiger partial charge in [0.25, 0.3) is 0 Å². The van der Waals surface area contributed by atoms with Crippen LogP contribution in [0.5, 0.6) is 0 Å². The third kappa shape index (κ3) is 1.74. The van der Waals surface area contributed by atoms with Crippen LogP contribution in [0.15, 0.2) is 41.7 Å². The molecule has 3 aromatic rings. The molecule has 0 saturated heterocycles. The molecule has 0 aliphatic carbocycles. The third-order valence-electron chi connectivity index (χ3n) is 3.83. The number of nitrogens with one attached hydrogen (secondary N) is 1. The highest BCUT2D eigenvalue weighted by Crippen LogP contribution is 2.37. The molecule has 21 heavy (non-hydrogen) atoms. The van der Waals surface area contributed by atoms with E-state index in [9.17, 15) is 0 Å². The number of fused-ring (bicyclic) bond motifs is 3. The second kappa shape index (κ2) is 4.41. The number of hydrogen-bond acceptors (Lipinski definition) is 4. The van der Waals surface area contributed by atoms with E-state index in [0.717, 1.165) is 45.9 Å². The topological polar surface area (TPSA) is 55.1 Å². The van der Waals surface area contributed by atoms with Gasteiger partial charge < -0.3 is 9.88 Å². The number of hydrogen-bond donors (Lipinski definition) is 1. The largest absolute Gasteiger partial charge is 0.371 e. The fourth-order valence-corrected chi connectivity index (χ4v) is 2.81. The molecule has 0 bridgehead atoms. The fraction of sp³-hybridized carbons (Fsp3) is 0.188. The second-order valence-electron chi connectivity index (χ2n) is 5.16. The molecule has 2 aromatic heterocycles. The molecule has 1 aromatic carbocycles. The summed E-state index contributed by atoms with van der Waals surface area (Å²) in [5.41, 5.74) is 6.08. The first kappa shape index (κ1) is 12.1. The summed E-state index contributed by atoms with van der Waals surface area (Å²) in [4.78, 5) is 13.9. The summed E-state index contributed by atoms with van der Waals surface area (Å²) in [6.07, 6.45) is 2.57. The van der Waals surface area contributed by atoms with E-state index in [1.54, 1.807) is 0 Å². The minimum absolute atomic E-state index is 0.759. The molecule has 1 N–H and O–H groups in total. The van der Waals surface area contributed by atoms with E-state index in [0.29, 0.717) is 0 Å². The first-order valence-corrected chi connectivity index (χ1v) is 6.92. The molecular formula is C16H15N5. The lowest BCUT2D eigenvalue weighted by Crippen LogP contribution is -2.02. The number of imidazole rings is 1. The minimum atomic E-state index is 0.759. The van der Waals surface area contributed by atoms with E-state index in [1.807, 2.05) is 43.2 Å². The summed E-state index contributed by atoms with van der Waals surface area (Å²) in [7, 11) is 3.86. The van der Waals surface area contributed by atoms with Crippen molar-refractivity contribution < 1.29 is 0 Å². The van der Waals surface area contributed by atoms with E-state index in [2.05, 4.69) is 27.4 Å². The molecule has 0 unspecified atom stereocenters. The quantitative estimate of drug-likeness (QED) is 0.783. The average molecular weight is 277 g/mol. The summed E-state index contributed by atoms with van der Waals surface area (Å²) in [5.74, 6) is 0.814. The van der Waals surface area contributed by atoms with Gasteiger partial charge in [-0.1, -0.05) is 30.3 Å². The lowest BCUT2D eigenvalue weighted by atomic mass is 10.1. The Hall–Kier alpha value is -2.69. The van der Waals surface area contributed by atoms with E-state index in [1.165, 1.54) is 0 Å². The Morgan fingerprint density at radius 1 is 1.19 bits per heavy atom. The van der Waals surface area contributed by atoms with Gasteiger partial charge >= 0.3 is 0 Å². The van der Waals surface area contributed by atoms with Gasteiger partial charge in [-0.15, -0.1) is 0 Å². The van der Waals surface area contributed by atoms with E-state index in [-0.39, 0.29) is 0 Å². The Morgan fingerprint density at radius 3 is 2.76 bits per heavy atom. The SMILES string of the molecule is CNc1nc2c(c3c1ncn3C)N=C(c1ccccc1)C2. The van der Waals surface area contributed by atoms with Crippen molar-refractivity contribution in [3.8, 4) is 0 Å². The molecule has 5 nitrogen and oxygen atoms in total. The summed E-state index contributed by atoms with van der Waals surface area (Å²) in [5, 5.41) is 3.13. The maximum absolute atomic E-state index is 4.82. The zero-order valence-corrected chi connectivity index (χ0v) is 12.0. The third-order valence-corrected chi connectivity index (χ3v) is 3.83. The van der Waals surface area contributed by atoms with Crippen LogP contribution in [0, 0.1) is 0 Å². The summed E-state index contributed by atoms with van der Waals surface area (Å²) >= 11 is 0. The van der Waals surface area contributed by atoms with Gasteiger partial charge in [-0.25, -0.2) is 15.0 Å². The fourth-order valence-electron chi connectivity index (χ4n) is 2.81. The van der Waals surface area contributed by atoms with Crippen molar-refractivity contribution >= 4 is 28.3 Å². The van der Waals surface area contributed by atoms with Crippen molar-refractivity contribution in [2.45, 2.75) is 6.42 Å². The highest BCUT2D eigenvalue weighted by Gasteiger charge is 2.23. The van der Waals surface area contributed by atoms with Crippen LogP contribution in [-0.4, -0.2) is 27.3 Å². The monoisotopic (exact) mass is 277 g/mol. The van der Waals surface area contributed by atoms with Crippen LogP contribution in [0.4, 0.5) is 11.5 Å². The van der Waals surface area contributed by atoms with E-state index in [4.69, 9.17) is 4.99 Å². The molecule has 4 rings (SSSR count). The summed E-state index contributed by atoms with van der Waals surface area (Å²) < 4.78 is 2.01. The van der Waals surface area contributed by atoms with E-state index >= 15 is 0 Å². The van der Waals surface area contributed by atoms with Gasteiger partial charge in [-0.2, -0.15) is 0 Å². The van der Waals surface area contributed by atoms with Crippen LogP contribution in [0.3, 0.4) is 0 Å². The highest BCUT2D eigenvalue weighted by atomic mass is 15.1. The molecular weight excluding hydrogens is 262 g/mol. The summed E-state index contributed by atoms with van der Waals surface area (Å²) in [6, 6.07) is 10.3. The molecule has 0 amide bonds. The molecule has 1 aliphatic heterocycles. The van der Waals surface area contributed by atoms with Gasteiger partial charge in [0.1, 0.15) is 11.2 Å². The van der Waals surface area contributed by atoms with Crippen molar-refractivity contribution in [3.63, 3.8) is 0 Å². The van der Waals surface area contributed by atoms with Gasteiger partial charge in [-0.05, 0) is 5.56 Å². The van der Waals surface area contributed by atoms with Crippen molar-refractivity contribution in [2.75, 3.05) is 12.4 Å². The zero-order chi connectivity index (χ0) is 14.4. The molecule has 5 heteroatoms. The van der Waals surface area contributed by atoms with Crippen LogP contribution in [0.1, 0.15) is 11.3 Å². The van der Waals surface area contributed by atoms with Crippen molar-refractivity contribution in [1.29, 1.82) is 0 Å². The number of aromatic nitrogens is 3. The molecule has 0 fully saturated rings. The molecule has 0 atom stereocenters. The predicted molar refractivity (Wildman–Crippen MR) is 84.4 cm³/mol. The standard InChI is InChI=1S/C16H15N5/c1-17-16-14-15(21(2)9-18-14)13-12(20-16)8-11(19-13)10-6-4-3-5-7-10/h3-7,9H,8H2,1-2H3,(H,17,20). The van der Waals surface area contributed by atoms with Crippen LogP contribution >= 0.6 is 0 Å². The second-order valence-corrected chi connectivity index (χ2v) is 5.16. The minimum Gasteiger partial charge on any atom is -0.371 e. The molecule has 0 spiro atoms. The number of anilines is 1. The number of benzene rings is 1. The van der Waals surface area contributed by atoms with Crippen LogP contribution in [-0.2, 0) is 13.5 Å². The zero-order valence-electron chi connectivity index (χ0n) is 12.0. The molecule has 0 radical (unpaired) electrons. The molecule has 1 aliphatic rings. The van der Waals surface area contributed by atoms with Crippen LogP contribution < -0.4 is 5.32 Å². The van der Waals surface area contributed by atoms with Gasteiger partial charge in [0.15, 0.2) is 5.82 Å².